The van der Waals surface area contributed by atoms with Crippen molar-refractivity contribution in [1.82, 2.24) is 14.9 Å². The highest BCUT2D eigenvalue weighted by Gasteiger charge is 2.40. The first-order chi connectivity index (χ1) is 13.6. The number of benzene rings is 1. The number of hydrogen-bond donors (Lipinski definition) is 1. The monoisotopic (exact) mass is 396 g/mol. The van der Waals surface area contributed by atoms with Gasteiger partial charge in [-0.2, -0.15) is 0 Å². The summed E-state index contributed by atoms with van der Waals surface area (Å²) in [6, 6.07) is 11.1. The molecule has 8 heteroatoms. The fourth-order valence-electron chi connectivity index (χ4n) is 4.79. The first-order valence-corrected chi connectivity index (χ1v) is 10.4. The third-order valence-electron chi connectivity index (χ3n) is 6.03. The average Bonchev–Trinajstić information content (AvgIpc) is 3.45. The van der Waals surface area contributed by atoms with Crippen LogP contribution in [0.2, 0.25) is 0 Å². The Morgan fingerprint density at radius 2 is 2.11 bits per heavy atom. The molecule has 0 unspecified atom stereocenters. The molecule has 3 aromatic rings. The van der Waals surface area contributed by atoms with Crippen LogP contribution >= 0.6 is 11.3 Å². The maximum atomic E-state index is 12.8. The van der Waals surface area contributed by atoms with Crippen molar-refractivity contribution >= 4 is 33.3 Å². The summed E-state index contributed by atoms with van der Waals surface area (Å²) in [6.07, 6.45) is 4.84. The minimum Gasteiger partial charge on any atom is -0.352 e. The number of rotatable bonds is 5. The van der Waals surface area contributed by atoms with Crippen LogP contribution in [0.15, 0.2) is 36.4 Å². The molecule has 144 valence electrons. The first kappa shape index (κ1) is 17.4. The van der Waals surface area contributed by atoms with E-state index in [1.165, 1.54) is 25.3 Å². The molecule has 2 bridgehead atoms. The van der Waals surface area contributed by atoms with E-state index >= 15 is 0 Å². The number of para-hydroxylation sites is 2. The van der Waals surface area contributed by atoms with Gasteiger partial charge in [-0.15, -0.1) is 0 Å². The smallest absolute Gasteiger partial charge is 0.324 e. The van der Waals surface area contributed by atoms with Crippen molar-refractivity contribution in [1.29, 1.82) is 0 Å². The molecule has 2 aromatic heterocycles. The number of nitro groups is 1. The number of hydrogen-bond acceptors (Lipinski definition) is 5. The Bertz CT molecular complexity index is 1070. The lowest BCUT2D eigenvalue weighted by atomic mass is 9.95. The normalized spacial score (nSPS) is 23.4. The zero-order valence-electron chi connectivity index (χ0n) is 15.2. The Labute approximate surface area is 165 Å². The lowest BCUT2D eigenvalue weighted by Crippen LogP contribution is -2.40. The summed E-state index contributed by atoms with van der Waals surface area (Å²) in [5.41, 5.74) is 1.64. The Balaban J connectivity index is 1.45. The number of carbonyl (C=O) groups is 1. The second-order valence-electron chi connectivity index (χ2n) is 7.75. The van der Waals surface area contributed by atoms with Gasteiger partial charge >= 0.3 is 5.00 Å². The summed E-state index contributed by atoms with van der Waals surface area (Å²) in [4.78, 5) is 28.8. The Morgan fingerprint density at radius 1 is 1.25 bits per heavy atom. The number of imidazole rings is 1. The summed E-state index contributed by atoms with van der Waals surface area (Å²) in [5.74, 6) is 1.97. The van der Waals surface area contributed by atoms with Gasteiger partial charge in [-0.3, -0.25) is 14.9 Å². The lowest BCUT2D eigenvalue weighted by Gasteiger charge is -2.23. The molecule has 2 aliphatic carbocycles. The van der Waals surface area contributed by atoms with Crippen molar-refractivity contribution in [2.45, 2.75) is 38.3 Å². The van der Waals surface area contributed by atoms with Gasteiger partial charge < -0.3 is 9.88 Å². The Hall–Kier alpha value is -2.74. The molecule has 0 radical (unpaired) electrons. The second-order valence-corrected chi connectivity index (χ2v) is 8.82. The molecular weight excluding hydrogens is 376 g/mol. The van der Waals surface area contributed by atoms with Crippen molar-refractivity contribution in [2.24, 2.45) is 11.8 Å². The number of carbonyl (C=O) groups excluding carboxylic acids is 1. The summed E-state index contributed by atoms with van der Waals surface area (Å²) in [7, 11) is 0. The molecule has 2 saturated carbocycles. The van der Waals surface area contributed by atoms with E-state index in [9.17, 15) is 14.9 Å². The van der Waals surface area contributed by atoms with Crippen LogP contribution in [0.4, 0.5) is 5.00 Å². The summed E-state index contributed by atoms with van der Waals surface area (Å²) >= 11 is 1.08. The van der Waals surface area contributed by atoms with Gasteiger partial charge in [0.25, 0.3) is 0 Å². The van der Waals surface area contributed by atoms with Crippen molar-refractivity contribution in [3.05, 3.63) is 46.5 Å². The summed E-state index contributed by atoms with van der Waals surface area (Å²) < 4.78 is 1.87. The molecule has 7 nitrogen and oxygen atoms in total. The molecule has 28 heavy (non-hydrogen) atoms. The number of fused-ring (bicyclic) bond motifs is 3. The molecule has 1 amide bonds. The Morgan fingerprint density at radius 3 is 2.82 bits per heavy atom. The number of amides is 1. The van der Waals surface area contributed by atoms with Crippen LogP contribution in [0, 0.1) is 22.0 Å². The predicted octanol–water partition coefficient (Wildman–Crippen LogP) is 3.98. The van der Waals surface area contributed by atoms with Gasteiger partial charge in [0.2, 0.25) is 5.91 Å². The number of aromatic nitrogens is 2. The quantitative estimate of drug-likeness (QED) is 0.522. The van der Waals surface area contributed by atoms with Crippen LogP contribution in [-0.2, 0) is 11.3 Å². The molecule has 2 heterocycles. The van der Waals surface area contributed by atoms with Crippen molar-refractivity contribution in [3.8, 4) is 10.7 Å². The fraction of sp³-hybridized carbons (Fsp3) is 0.400. The highest BCUT2D eigenvalue weighted by molar-refractivity contribution is 7.18. The van der Waals surface area contributed by atoms with E-state index in [1.807, 2.05) is 28.8 Å². The van der Waals surface area contributed by atoms with Gasteiger partial charge in [-0.1, -0.05) is 29.9 Å². The average molecular weight is 396 g/mol. The molecule has 2 aliphatic rings. The zero-order chi connectivity index (χ0) is 19.3. The zero-order valence-corrected chi connectivity index (χ0v) is 16.0. The third kappa shape index (κ3) is 2.97. The molecule has 5 rings (SSSR count). The van der Waals surface area contributed by atoms with Crippen molar-refractivity contribution in [2.75, 3.05) is 0 Å². The largest absolute Gasteiger partial charge is 0.352 e. The van der Waals surface area contributed by atoms with Gasteiger partial charge in [0, 0.05) is 12.1 Å². The number of nitrogens with zero attached hydrogens (tertiary/aromatic N) is 3. The van der Waals surface area contributed by atoms with E-state index in [4.69, 9.17) is 0 Å². The first-order valence-electron chi connectivity index (χ1n) is 9.57. The second kappa shape index (κ2) is 6.70. The van der Waals surface area contributed by atoms with E-state index in [-0.39, 0.29) is 23.5 Å². The van der Waals surface area contributed by atoms with E-state index in [1.54, 1.807) is 6.07 Å². The fourth-order valence-corrected chi connectivity index (χ4v) is 5.61. The SMILES string of the molecule is O=C(Cn1c(-c2ccc([N+](=O)[O-])s2)nc2ccccc21)N[C@H]1C[C@H]2CC[C@@H]1C2. The van der Waals surface area contributed by atoms with Crippen molar-refractivity contribution < 1.29 is 9.72 Å². The number of thiophene rings is 1. The maximum absolute atomic E-state index is 12.8. The van der Waals surface area contributed by atoms with Crippen LogP contribution in [-0.4, -0.2) is 26.4 Å². The third-order valence-corrected chi connectivity index (χ3v) is 7.07. The van der Waals surface area contributed by atoms with E-state index < -0.39 is 4.92 Å². The molecule has 0 aliphatic heterocycles. The molecule has 1 N–H and O–H groups in total. The van der Waals surface area contributed by atoms with Gasteiger partial charge in [0.05, 0.1) is 20.8 Å². The number of nitrogens with one attached hydrogen (secondary N) is 1. The standard InChI is InChI=1S/C20H20N4O3S/c25-18(21-15-10-12-5-6-13(15)9-12)11-23-16-4-2-1-3-14(16)22-20(23)17-7-8-19(28-17)24(26)27/h1-4,7-8,12-13,15H,5-6,9-11H2,(H,21,25)/t12-,13+,15-/m0/s1. The van der Waals surface area contributed by atoms with E-state index in [0.29, 0.717) is 16.6 Å². The summed E-state index contributed by atoms with van der Waals surface area (Å²) in [6.45, 7) is 0.162. The molecular formula is C20H20N4O3S. The van der Waals surface area contributed by atoms with Crippen LogP contribution in [0.5, 0.6) is 0 Å². The minimum atomic E-state index is -0.400. The van der Waals surface area contributed by atoms with E-state index in [0.717, 1.165) is 34.7 Å². The topological polar surface area (TPSA) is 90.1 Å². The maximum Gasteiger partial charge on any atom is 0.324 e. The molecule has 0 saturated heterocycles. The van der Waals surface area contributed by atoms with Crippen LogP contribution < -0.4 is 5.32 Å². The molecule has 1 aromatic carbocycles. The lowest BCUT2D eigenvalue weighted by molar-refractivity contribution is -0.380. The van der Waals surface area contributed by atoms with Crippen LogP contribution in [0.25, 0.3) is 21.7 Å². The van der Waals surface area contributed by atoms with Crippen molar-refractivity contribution in [3.63, 3.8) is 0 Å². The molecule has 3 atom stereocenters. The van der Waals surface area contributed by atoms with Gasteiger partial charge in [-0.25, -0.2) is 4.98 Å². The summed E-state index contributed by atoms with van der Waals surface area (Å²) in [5, 5.41) is 14.4. The molecule has 0 spiro atoms. The van der Waals surface area contributed by atoms with E-state index in [2.05, 4.69) is 10.3 Å². The van der Waals surface area contributed by atoms with Gasteiger partial charge in [-0.05, 0) is 49.3 Å². The highest BCUT2D eigenvalue weighted by atomic mass is 32.1. The highest BCUT2D eigenvalue weighted by Crippen LogP contribution is 2.44. The van der Waals surface area contributed by atoms with Gasteiger partial charge in [0.1, 0.15) is 6.54 Å². The van der Waals surface area contributed by atoms with Crippen LogP contribution in [0.3, 0.4) is 0 Å². The minimum absolute atomic E-state index is 0.0204. The Kier molecular flexibility index (Phi) is 4.16. The predicted molar refractivity (Wildman–Crippen MR) is 107 cm³/mol. The molecule has 2 fully saturated rings. The van der Waals surface area contributed by atoms with Gasteiger partial charge in [0.15, 0.2) is 5.82 Å². The van der Waals surface area contributed by atoms with Crippen LogP contribution in [0.1, 0.15) is 25.7 Å².